The van der Waals surface area contributed by atoms with Crippen molar-refractivity contribution in [1.29, 1.82) is 0 Å². The van der Waals surface area contributed by atoms with Gasteiger partial charge in [-0.05, 0) is 45.2 Å². The summed E-state index contributed by atoms with van der Waals surface area (Å²) in [6.07, 6.45) is 4.04. The minimum Gasteiger partial charge on any atom is -0.465 e. The molecular weight excluding hydrogens is 272 g/mol. The van der Waals surface area contributed by atoms with Crippen LogP contribution in [-0.2, 0) is 15.9 Å². The van der Waals surface area contributed by atoms with Crippen LogP contribution in [-0.4, -0.2) is 36.3 Å². The van der Waals surface area contributed by atoms with Crippen molar-refractivity contribution >= 4 is 12.1 Å². The first-order valence-corrected chi connectivity index (χ1v) is 6.81. The van der Waals surface area contributed by atoms with Gasteiger partial charge in [0.25, 0.3) is 0 Å². The van der Waals surface area contributed by atoms with E-state index in [-0.39, 0.29) is 5.97 Å². The van der Waals surface area contributed by atoms with Crippen LogP contribution in [0.15, 0.2) is 18.5 Å². The molecule has 0 atom stereocenters. The van der Waals surface area contributed by atoms with Gasteiger partial charge in [-0.25, -0.2) is 9.59 Å². The van der Waals surface area contributed by atoms with Crippen LogP contribution < -0.4 is 5.32 Å². The highest BCUT2D eigenvalue weighted by Crippen LogP contribution is 2.11. The molecule has 1 rings (SSSR count). The lowest BCUT2D eigenvalue weighted by Gasteiger charge is -2.19. The van der Waals surface area contributed by atoms with Crippen LogP contribution in [0.25, 0.3) is 0 Å². The maximum absolute atomic E-state index is 11.6. The van der Waals surface area contributed by atoms with Crippen LogP contribution in [0.1, 0.15) is 43.1 Å². The zero-order valence-electron chi connectivity index (χ0n) is 12.9. The van der Waals surface area contributed by atoms with Crippen LogP contribution in [0, 0.1) is 0 Å². The van der Waals surface area contributed by atoms with Crippen LogP contribution in [0.4, 0.5) is 4.79 Å². The number of pyridine rings is 1. The Kier molecular flexibility index (Phi) is 6.14. The second-order valence-corrected chi connectivity index (χ2v) is 5.56. The van der Waals surface area contributed by atoms with E-state index >= 15 is 0 Å². The fourth-order valence-corrected chi connectivity index (χ4v) is 1.72. The topological polar surface area (TPSA) is 77.5 Å². The number of methoxy groups -OCH3 is 1. The number of hydrogen-bond acceptors (Lipinski definition) is 5. The highest BCUT2D eigenvalue weighted by Gasteiger charge is 2.15. The Balaban J connectivity index is 2.43. The van der Waals surface area contributed by atoms with Gasteiger partial charge in [-0.3, -0.25) is 4.98 Å². The average Bonchev–Trinajstić information content (AvgIpc) is 2.41. The molecule has 6 heteroatoms. The fraction of sp³-hybridized carbons (Fsp3) is 0.533. The summed E-state index contributed by atoms with van der Waals surface area (Å²) in [5.74, 6) is -0.382. The molecule has 0 aliphatic carbocycles. The number of ether oxygens (including phenoxy) is 2. The number of nitrogens with one attached hydrogen (secondary N) is 1. The molecule has 0 bridgehead atoms. The third kappa shape index (κ3) is 6.25. The Hall–Kier alpha value is -2.11. The second kappa shape index (κ2) is 7.61. The lowest BCUT2D eigenvalue weighted by Crippen LogP contribution is -2.33. The van der Waals surface area contributed by atoms with E-state index in [2.05, 4.69) is 10.3 Å². The van der Waals surface area contributed by atoms with E-state index in [0.717, 1.165) is 5.56 Å². The first-order valence-electron chi connectivity index (χ1n) is 6.81. The smallest absolute Gasteiger partial charge is 0.407 e. The standard InChI is InChI=1S/C15H22N2O4/c1-15(2,3)21-14(19)17-8-5-6-11-10-16-9-7-12(11)13(18)20-4/h7,9-10H,5-6,8H2,1-4H3,(H,17,19). The first kappa shape index (κ1) is 16.9. The van der Waals surface area contributed by atoms with E-state index in [1.165, 1.54) is 7.11 Å². The average molecular weight is 294 g/mol. The molecule has 1 heterocycles. The Morgan fingerprint density at radius 2 is 2.05 bits per heavy atom. The van der Waals surface area contributed by atoms with E-state index in [4.69, 9.17) is 9.47 Å². The number of nitrogens with zero attached hydrogens (tertiary/aromatic N) is 1. The molecule has 116 valence electrons. The molecule has 0 unspecified atom stereocenters. The second-order valence-electron chi connectivity index (χ2n) is 5.56. The molecule has 1 N–H and O–H groups in total. The van der Waals surface area contributed by atoms with Crippen molar-refractivity contribution in [2.24, 2.45) is 0 Å². The number of aryl methyl sites for hydroxylation is 1. The third-order valence-electron chi connectivity index (χ3n) is 2.60. The number of carbonyl (C=O) groups is 2. The number of hydrogen-bond donors (Lipinski definition) is 1. The maximum atomic E-state index is 11.6. The molecule has 0 spiro atoms. The van der Waals surface area contributed by atoms with Crippen LogP contribution in [0.3, 0.4) is 0 Å². The SMILES string of the molecule is COC(=O)c1ccncc1CCCNC(=O)OC(C)(C)C. The van der Waals surface area contributed by atoms with Gasteiger partial charge in [0.1, 0.15) is 5.60 Å². The van der Waals surface area contributed by atoms with E-state index in [1.54, 1.807) is 18.5 Å². The fourth-order valence-electron chi connectivity index (χ4n) is 1.72. The van der Waals surface area contributed by atoms with Crippen molar-refractivity contribution < 1.29 is 19.1 Å². The van der Waals surface area contributed by atoms with E-state index < -0.39 is 11.7 Å². The normalized spacial score (nSPS) is 10.9. The molecule has 1 aromatic heterocycles. The molecule has 1 aromatic rings. The summed E-state index contributed by atoms with van der Waals surface area (Å²) in [5.41, 5.74) is 0.797. The van der Waals surface area contributed by atoms with Crippen molar-refractivity contribution in [3.05, 3.63) is 29.6 Å². The predicted molar refractivity (Wildman–Crippen MR) is 78.1 cm³/mol. The summed E-state index contributed by atoms with van der Waals surface area (Å²) >= 11 is 0. The zero-order valence-corrected chi connectivity index (χ0v) is 12.9. The maximum Gasteiger partial charge on any atom is 0.407 e. The van der Waals surface area contributed by atoms with E-state index in [0.29, 0.717) is 24.9 Å². The highest BCUT2D eigenvalue weighted by atomic mass is 16.6. The number of amides is 1. The van der Waals surface area contributed by atoms with Crippen LogP contribution in [0.5, 0.6) is 0 Å². The van der Waals surface area contributed by atoms with Gasteiger partial charge in [0.2, 0.25) is 0 Å². The number of carbonyl (C=O) groups excluding carboxylic acids is 2. The van der Waals surface area contributed by atoms with Crippen molar-refractivity contribution in [2.45, 2.75) is 39.2 Å². The molecule has 0 aliphatic rings. The molecule has 0 aromatic carbocycles. The van der Waals surface area contributed by atoms with Gasteiger partial charge >= 0.3 is 12.1 Å². The van der Waals surface area contributed by atoms with Gasteiger partial charge in [0, 0.05) is 18.9 Å². The minimum absolute atomic E-state index is 0.382. The molecule has 1 amide bonds. The largest absolute Gasteiger partial charge is 0.465 e. The summed E-state index contributed by atoms with van der Waals surface area (Å²) < 4.78 is 9.85. The van der Waals surface area contributed by atoms with Crippen LogP contribution >= 0.6 is 0 Å². The van der Waals surface area contributed by atoms with Gasteiger partial charge in [-0.1, -0.05) is 0 Å². The number of rotatable bonds is 5. The Morgan fingerprint density at radius 1 is 1.33 bits per heavy atom. The minimum atomic E-state index is -0.508. The Labute approximate surface area is 124 Å². The number of aromatic nitrogens is 1. The molecule has 0 fully saturated rings. The predicted octanol–water partition coefficient (Wildman–Crippen LogP) is 2.33. The zero-order chi connectivity index (χ0) is 15.9. The van der Waals surface area contributed by atoms with E-state index in [1.807, 2.05) is 20.8 Å². The molecule has 0 aliphatic heterocycles. The third-order valence-corrected chi connectivity index (χ3v) is 2.60. The monoisotopic (exact) mass is 294 g/mol. The summed E-state index contributed by atoms with van der Waals surface area (Å²) in [5, 5.41) is 2.67. The van der Waals surface area contributed by atoms with E-state index in [9.17, 15) is 9.59 Å². The summed E-state index contributed by atoms with van der Waals surface area (Å²) in [6, 6.07) is 1.63. The molecular formula is C15H22N2O4. The molecule has 0 saturated carbocycles. The summed E-state index contributed by atoms with van der Waals surface area (Å²) in [6.45, 7) is 5.89. The van der Waals surface area contributed by atoms with Crippen LogP contribution in [0.2, 0.25) is 0 Å². The first-order chi connectivity index (χ1) is 9.83. The lowest BCUT2D eigenvalue weighted by molar-refractivity contribution is 0.0525. The van der Waals surface area contributed by atoms with Gasteiger partial charge in [0.05, 0.1) is 12.7 Å². The Bertz CT molecular complexity index is 495. The van der Waals surface area contributed by atoms with Crippen molar-refractivity contribution in [3.63, 3.8) is 0 Å². The summed E-state index contributed by atoms with van der Waals surface area (Å²) in [7, 11) is 1.34. The quantitative estimate of drug-likeness (QED) is 0.666. The number of alkyl carbamates (subject to hydrolysis) is 1. The molecule has 0 radical (unpaired) electrons. The molecule has 6 nitrogen and oxygen atoms in total. The summed E-state index contributed by atoms with van der Waals surface area (Å²) in [4.78, 5) is 27.1. The highest BCUT2D eigenvalue weighted by molar-refractivity contribution is 5.90. The molecule has 0 saturated heterocycles. The van der Waals surface area contributed by atoms with Gasteiger partial charge in [-0.15, -0.1) is 0 Å². The Morgan fingerprint density at radius 3 is 2.67 bits per heavy atom. The van der Waals surface area contributed by atoms with Crippen molar-refractivity contribution in [2.75, 3.05) is 13.7 Å². The molecule has 21 heavy (non-hydrogen) atoms. The van der Waals surface area contributed by atoms with Gasteiger partial charge in [0.15, 0.2) is 0 Å². The van der Waals surface area contributed by atoms with Crippen molar-refractivity contribution in [1.82, 2.24) is 10.3 Å². The number of esters is 1. The van der Waals surface area contributed by atoms with Gasteiger partial charge in [-0.2, -0.15) is 0 Å². The van der Waals surface area contributed by atoms with Crippen molar-refractivity contribution in [3.8, 4) is 0 Å². The lowest BCUT2D eigenvalue weighted by atomic mass is 10.1. The van der Waals surface area contributed by atoms with Gasteiger partial charge < -0.3 is 14.8 Å².